The lowest BCUT2D eigenvalue weighted by Crippen LogP contribution is -2.24. The van der Waals surface area contributed by atoms with E-state index >= 15 is 0 Å². The van der Waals surface area contributed by atoms with E-state index in [1.165, 1.54) is 12.1 Å². The van der Waals surface area contributed by atoms with Gasteiger partial charge >= 0.3 is 6.18 Å². The molecule has 1 aliphatic rings. The van der Waals surface area contributed by atoms with E-state index in [1.807, 2.05) is 0 Å². The molecule has 1 aliphatic carbocycles. The summed E-state index contributed by atoms with van der Waals surface area (Å²) in [4.78, 5) is 0. The summed E-state index contributed by atoms with van der Waals surface area (Å²) in [6, 6.07) is 7.98. The second-order valence-electron chi connectivity index (χ2n) is 6.70. The van der Waals surface area contributed by atoms with Crippen LogP contribution in [-0.2, 0) is 12.7 Å². The highest BCUT2D eigenvalue weighted by molar-refractivity contribution is 5.89. The highest BCUT2D eigenvalue weighted by atomic mass is 35.5. The van der Waals surface area contributed by atoms with Crippen molar-refractivity contribution < 1.29 is 17.9 Å². The van der Waals surface area contributed by atoms with Gasteiger partial charge in [0.25, 0.3) is 0 Å². The van der Waals surface area contributed by atoms with E-state index in [2.05, 4.69) is 6.92 Å². The van der Waals surface area contributed by atoms with Gasteiger partial charge in [-0.05, 0) is 60.1 Å². The molecular formula is C19H23ClF3NO. The van der Waals surface area contributed by atoms with Crippen molar-refractivity contribution in [3.8, 4) is 5.75 Å². The van der Waals surface area contributed by atoms with Crippen LogP contribution in [0.3, 0.4) is 0 Å². The fourth-order valence-corrected chi connectivity index (χ4v) is 3.40. The number of hydrogen-bond acceptors (Lipinski definition) is 2. The van der Waals surface area contributed by atoms with Crippen molar-refractivity contribution in [3.05, 3.63) is 41.5 Å². The summed E-state index contributed by atoms with van der Waals surface area (Å²) >= 11 is 0. The monoisotopic (exact) mass is 373 g/mol. The molecule has 0 aliphatic heterocycles. The Morgan fingerprint density at radius 3 is 2.36 bits per heavy atom. The van der Waals surface area contributed by atoms with E-state index in [1.54, 1.807) is 18.2 Å². The third-order valence-electron chi connectivity index (χ3n) is 4.82. The Morgan fingerprint density at radius 1 is 1.08 bits per heavy atom. The molecule has 2 N–H and O–H groups in total. The van der Waals surface area contributed by atoms with E-state index in [-0.39, 0.29) is 29.6 Å². The van der Waals surface area contributed by atoms with Crippen molar-refractivity contribution in [1.29, 1.82) is 0 Å². The Labute approximate surface area is 151 Å². The minimum Gasteiger partial charge on any atom is -0.490 e. The topological polar surface area (TPSA) is 35.2 Å². The van der Waals surface area contributed by atoms with Gasteiger partial charge in [-0.3, -0.25) is 0 Å². The van der Waals surface area contributed by atoms with Crippen LogP contribution < -0.4 is 10.5 Å². The Bertz CT molecular complexity index is 724. The maximum Gasteiger partial charge on any atom is 0.420 e. The molecule has 6 heteroatoms. The van der Waals surface area contributed by atoms with Crippen LogP contribution in [0.4, 0.5) is 13.2 Å². The number of benzene rings is 2. The van der Waals surface area contributed by atoms with Crippen LogP contribution in [0.5, 0.6) is 5.75 Å². The van der Waals surface area contributed by atoms with E-state index in [0.29, 0.717) is 17.8 Å². The summed E-state index contributed by atoms with van der Waals surface area (Å²) in [5, 5.41) is 0.705. The molecule has 0 spiro atoms. The number of alkyl halides is 3. The number of nitrogens with two attached hydrogens (primary N) is 1. The summed E-state index contributed by atoms with van der Waals surface area (Å²) in [7, 11) is 0. The summed E-state index contributed by atoms with van der Waals surface area (Å²) < 4.78 is 46.8. The number of fused-ring (bicyclic) bond motifs is 1. The van der Waals surface area contributed by atoms with Crippen molar-refractivity contribution in [2.75, 3.05) is 0 Å². The summed E-state index contributed by atoms with van der Waals surface area (Å²) in [5.74, 6) is 0.563. The highest BCUT2D eigenvalue weighted by Crippen LogP contribution is 2.42. The zero-order valence-corrected chi connectivity index (χ0v) is 14.9. The Morgan fingerprint density at radius 2 is 1.76 bits per heavy atom. The zero-order valence-electron chi connectivity index (χ0n) is 14.1. The molecule has 1 saturated carbocycles. The van der Waals surface area contributed by atoms with E-state index in [9.17, 15) is 13.2 Å². The molecule has 0 saturated heterocycles. The van der Waals surface area contributed by atoms with Crippen molar-refractivity contribution in [3.63, 3.8) is 0 Å². The lowest BCUT2D eigenvalue weighted by atomic mass is 9.89. The molecule has 0 radical (unpaired) electrons. The molecule has 138 valence electrons. The fourth-order valence-electron chi connectivity index (χ4n) is 3.40. The summed E-state index contributed by atoms with van der Waals surface area (Å²) in [6.07, 6.45) is -0.978. The molecule has 0 heterocycles. The van der Waals surface area contributed by atoms with Crippen molar-refractivity contribution >= 4 is 23.2 Å². The lowest BCUT2D eigenvalue weighted by molar-refractivity contribution is -0.138. The van der Waals surface area contributed by atoms with Gasteiger partial charge in [0.1, 0.15) is 11.3 Å². The van der Waals surface area contributed by atoms with Crippen LogP contribution in [0, 0.1) is 5.92 Å². The molecule has 0 aromatic heterocycles. The minimum absolute atomic E-state index is 0. The van der Waals surface area contributed by atoms with Crippen LogP contribution in [0.25, 0.3) is 10.8 Å². The zero-order chi connectivity index (χ0) is 17.3. The summed E-state index contributed by atoms with van der Waals surface area (Å²) in [6.45, 7) is 2.47. The first-order valence-electron chi connectivity index (χ1n) is 8.38. The molecule has 2 nitrogen and oxygen atoms in total. The largest absolute Gasteiger partial charge is 0.490 e. The van der Waals surface area contributed by atoms with Crippen molar-refractivity contribution in [2.24, 2.45) is 11.7 Å². The average Bonchev–Trinajstić information content (AvgIpc) is 2.55. The molecule has 0 amide bonds. The molecule has 25 heavy (non-hydrogen) atoms. The Kier molecular flexibility index (Phi) is 6.22. The first-order valence-corrected chi connectivity index (χ1v) is 8.38. The van der Waals surface area contributed by atoms with Crippen LogP contribution in [0.15, 0.2) is 30.3 Å². The van der Waals surface area contributed by atoms with Gasteiger partial charge in [0, 0.05) is 6.54 Å². The van der Waals surface area contributed by atoms with Crippen LogP contribution in [0.2, 0.25) is 0 Å². The number of halogens is 4. The first-order chi connectivity index (χ1) is 11.4. The van der Waals surface area contributed by atoms with Crippen LogP contribution >= 0.6 is 12.4 Å². The van der Waals surface area contributed by atoms with Gasteiger partial charge in [-0.25, -0.2) is 0 Å². The van der Waals surface area contributed by atoms with Gasteiger partial charge in [-0.1, -0.05) is 25.1 Å². The predicted octanol–water partition coefficient (Wildman–Crippen LogP) is 5.70. The Balaban J connectivity index is 0.00000225. The normalized spacial score (nSPS) is 21.0. The van der Waals surface area contributed by atoms with Gasteiger partial charge in [0.15, 0.2) is 0 Å². The van der Waals surface area contributed by atoms with Crippen molar-refractivity contribution in [2.45, 2.75) is 51.4 Å². The third-order valence-corrected chi connectivity index (χ3v) is 4.82. The quantitative estimate of drug-likeness (QED) is 0.749. The van der Waals surface area contributed by atoms with Gasteiger partial charge in [0.2, 0.25) is 0 Å². The predicted molar refractivity (Wildman–Crippen MR) is 96.1 cm³/mol. The number of ether oxygens (including phenoxy) is 1. The smallest absolute Gasteiger partial charge is 0.420 e. The Hall–Kier alpha value is -1.46. The van der Waals surface area contributed by atoms with Crippen LogP contribution in [-0.4, -0.2) is 6.10 Å². The summed E-state index contributed by atoms with van der Waals surface area (Å²) in [5.41, 5.74) is 5.71. The molecular weight excluding hydrogens is 351 g/mol. The SMILES string of the molecule is CC1CCC(Oc2ccc3cc(CN)ccc3c2C(F)(F)F)CC1.Cl. The average molecular weight is 374 g/mol. The minimum atomic E-state index is -4.46. The second-order valence-corrected chi connectivity index (χ2v) is 6.70. The van der Waals surface area contributed by atoms with Crippen LogP contribution in [0.1, 0.15) is 43.7 Å². The maximum absolute atomic E-state index is 13.7. The molecule has 2 aromatic rings. The fraction of sp³-hybridized carbons (Fsp3) is 0.474. The molecule has 2 aromatic carbocycles. The van der Waals surface area contributed by atoms with Gasteiger partial charge in [-0.2, -0.15) is 13.2 Å². The second kappa shape index (κ2) is 7.83. The molecule has 0 bridgehead atoms. The molecule has 0 unspecified atom stereocenters. The maximum atomic E-state index is 13.7. The van der Waals surface area contributed by atoms with E-state index in [0.717, 1.165) is 31.2 Å². The van der Waals surface area contributed by atoms with Crippen molar-refractivity contribution in [1.82, 2.24) is 0 Å². The lowest BCUT2D eigenvalue weighted by Gasteiger charge is -2.28. The molecule has 1 fully saturated rings. The molecule has 0 atom stereocenters. The van der Waals surface area contributed by atoms with E-state index in [4.69, 9.17) is 10.5 Å². The number of hydrogen-bond donors (Lipinski definition) is 1. The van der Waals surface area contributed by atoms with Gasteiger partial charge in [0.05, 0.1) is 6.10 Å². The van der Waals surface area contributed by atoms with Gasteiger partial charge < -0.3 is 10.5 Å². The third kappa shape index (κ3) is 4.39. The first kappa shape index (κ1) is 19.9. The number of rotatable bonds is 3. The van der Waals surface area contributed by atoms with E-state index < -0.39 is 11.7 Å². The van der Waals surface area contributed by atoms with Gasteiger partial charge in [-0.15, -0.1) is 12.4 Å². The molecule has 3 rings (SSSR count). The highest BCUT2D eigenvalue weighted by Gasteiger charge is 2.37. The standard InChI is InChI=1S/C19H22F3NO.ClH/c1-12-2-6-15(7-3-12)24-17-9-5-14-10-13(11-23)4-8-16(14)18(17)19(20,21)22;/h4-5,8-10,12,15H,2-3,6-7,11,23H2,1H3;1H.